The van der Waals surface area contributed by atoms with E-state index in [0.29, 0.717) is 13.2 Å². The predicted octanol–water partition coefficient (Wildman–Crippen LogP) is 0.685. The molecular weight excluding hydrogens is 264 g/mol. The van der Waals surface area contributed by atoms with Crippen molar-refractivity contribution in [3.05, 3.63) is 0 Å². The summed E-state index contributed by atoms with van der Waals surface area (Å²) in [5.41, 5.74) is 0. The molecule has 2 N–H and O–H groups in total. The fourth-order valence-electron chi connectivity index (χ4n) is 2.16. The van der Waals surface area contributed by atoms with Gasteiger partial charge in [-0.3, -0.25) is 0 Å². The predicted molar refractivity (Wildman–Crippen MR) is 72.6 cm³/mol. The van der Waals surface area contributed by atoms with Crippen molar-refractivity contribution >= 4 is 12.0 Å². The third-order valence-corrected chi connectivity index (χ3v) is 3.41. The summed E-state index contributed by atoms with van der Waals surface area (Å²) in [6.45, 7) is 5.12. The molecule has 7 heteroatoms. The van der Waals surface area contributed by atoms with E-state index in [1.165, 1.54) is 7.11 Å². The molecule has 1 saturated heterocycles. The second-order valence-electron chi connectivity index (χ2n) is 4.98. The Labute approximate surface area is 119 Å². The summed E-state index contributed by atoms with van der Waals surface area (Å²) in [6.07, 6.45) is 0.982. The highest BCUT2D eigenvalue weighted by Gasteiger charge is 2.31. The van der Waals surface area contributed by atoms with Crippen LogP contribution in [-0.4, -0.2) is 67.1 Å². The van der Waals surface area contributed by atoms with Crippen molar-refractivity contribution in [3.63, 3.8) is 0 Å². The second-order valence-corrected chi connectivity index (χ2v) is 4.98. The molecule has 20 heavy (non-hydrogen) atoms. The molecule has 0 aromatic carbocycles. The number of hydrogen-bond acceptors (Lipinski definition) is 4. The molecular formula is C13H24N2O5. The summed E-state index contributed by atoms with van der Waals surface area (Å²) < 4.78 is 10.4. The van der Waals surface area contributed by atoms with Crippen LogP contribution < -0.4 is 5.32 Å². The third kappa shape index (κ3) is 4.64. The van der Waals surface area contributed by atoms with E-state index in [2.05, 4.69) is 5.32 Å². The Bertz CT molecular complexity index is 337. The number of carboxylic acid groups (broad SMARTS) is 1. The summed E-state index contributed by atoms with van der Waals surface area (Å²) >= 11 is 0. The van der Waals surface area contributed by atoms with E-state index in [-0.39, 0.29) is 31.2 Å². The molecule has 1 heterocycles. The quantitative estimate of drug-likeness (QED) is 0.750. The number of aliphatic carboxylic acids is 1. The fraction of sp³-hybridized carbons (Fsp3) is 0.846. The monoisotopic (exact) mass is 288 g/mol. The zero-order chi connectivity index (χ0) is 15.1. The van der Waals surface area contributed by atoms with Crippen molar-refractivity contribution in [1.82, 2.24) is 10.2 Å². The lowest BCUT2D eigenvalue weighted by molar-refractivity contribution is -0.139. The number of nitrogens with zero attached hydrogens (tertiary/aromatic N) is 1. The zero-order valence-corrected chi connectivity index (χ0v) is 12.3. The standard InChI is InChI=1S/C13H24N2O5/c1-4-10-8-20-9(2)7-15(10)13(18)14-11(12(16)17)5-6-19-3/h9-11H,4-8H2,1-3H3,(H,14,18)(H,16,17). The molecule has 2 amide bonds. The normalized spacial score (nSPS) is 24.2. The van der Waals surface area contributed by atoms with E-state index < -0.39 is 12.0 Å². The number of carbonyl (C=O) groups is 2. The van der Waals surface area contributed by atoms with Gasteiger partial charge < -0.3 is 24.8 Å². The van der Waals surface area contributed by atoms with E-state index >= 15 is 0 Å². The summed E-state index contributed by atoms with van der Waals surface area (Å²) in [5.74, 6) is -1.05. The molecule has 3 atom stereocenters. The van der Waals surface area contributed by atoms with E-state index in [1.54, 1.807) is 4.90 Å². The lowest BCUT2D eigenvalue weighted by Crippen LogP contribution is -2.57. The molecule has 0 spiro atoms. The summed E-state index contributed by atoms with van der Waals surface area (Å²) in [4.78, 5) is 25.0. The van der Waals surface area contributed by atoms with Gasteiger partial charge in [0.05, 0.1) is 18.8 Å². The number of carboxylic acids is 1. The first-order valence-corrected chi connectivity index (χ1v) is 6.90. The lowest BCUT2D eigenvalue weighted by atomic mass is 10.1. The minimum atomic E-state index is -1.05. The van der Waals surface area contributed by atoms with E-state index in [4.69, 9.17) is 14.6 Å². The first kappa shape index (κ1) is 16.7. The van der Waals surface area contributed by atoms with Gasteiger partial charge in [0.2, 0.25) is 0 Å². The molecule has 0 bridgehead atoms. The van der Waals surface area contributed by atoms with Crippen molar-refractivity contribution in [2.75, 3.05) is 26.9 Å². The topological polar surface area (TPSA) is 88.1 Å². The highest BCUT2D eigenvalue weighted by Crippen LogP contribution is 2.14. The lowest BCUT2D eigenvalue weighted by Gasteiger charge is -2.38. The third-order valence-electron chi connectivity index (χ3n) is 3.41. The fourth-order valence-corrected chi connectivity index (χ4v) is 2.16. The zero-order valence-electron chi connectivity index (χ0n) is 12.3. The van der Waals surface area contributed by atoms with Gasteiger partial charge in [0.15, 0.2) is 0 Å². The molecule has 1 aliphatic heterocycles. The van der Waals surface area contributed by atoms with Crippen LogP contribution in [-0.2, 0) is 14.3 Å². The van der Waals surface area contributed by atoms with Crippen LogP contribution in [0.1, 0.15) is 26.7 Å². The molecule has 0 aliphatic carbocycles. The second kappa shape index (κ2) is 8.06. The molecule has 0 aromatic heterocycles. The number of carbonyl (C=O) groups excluding carboxylic acids is 1. The van der Waals surface area contributed by atoms with Gasteiger partial charge in [-0.15, -0.1) is 0 Å². The molecule has 116 valence electrons. The average Bonchev–Trinajstić information content (AvgIpc) is 2.42. The van der Waals surface area contributed by atoms with Crippen LogP contribution in [0.15, 0.2) is 0 Å². The number of rotatable bonds is 6. The van der Waals surface area contributed by atoms with Crippen LogP contribution in [0.3, 0.4) is 0 Å². The molecule has 7 nitrogen and oxygen atoms in total. The number of morpholine rings is 1. The van der Waals surface area contributed by atoms with Crippen LogP contribution in [0.5, 0.6) is 0 Å². The van der Waals surface area contributed by atoms with Gasteiger partial charge in [0.1, 0.15) is 6.04 Å². The highest BCUT2D eigenvalue weighted by atomic mass is 16.5. The maximum Gasteiger partial charge on any atom is 0.326 e. The largest absolute Gasteiger partial charge is 0.480 e. The minimum Gasteiger partial charge on any atom is -0.480 e. The van der Waals surface area contributed by atoms with Crippen LogP contribution >= 0.6 is 0 Å². The Balaban J connectivity index is 2.63. The minimum absolute atomic E-state index is 0.0110. The van der Waals surface area contributed by atoms with Gasteiger partial charge in [0, 0.05) is 26.7 Å². The number of amides is 2. The molecule has 1 aliphatic rings. The number of urea groups is 1. The van der Waals surface area contributed by atoms with E-state index in [9.17, 15) is 9.59 Å². The summed E-state index contributed by atoms with van der Waals surface area (Å²) in [5, 5.41) is 11.7. The average molecular weight is 288 g/mol. The van der Waals surface area contributed by atoms with Gasteiger partial charge in [-0.25, -0.2) is 9.59 Å². The Morgan fingerprint density at radius 3 is 2.80 bits per heavy atom. The van der Waals surface area contributed by atoms with Gasteiger partial charge in [-0.1, -0.05) is 6.92 Å². The van der Waals surface area contributed by atoms with Crippen molar-refractivity contribution in [2.45, 2.75) is 44.9 Å². The molecule has 0 saturated carbocycles. The van der Waals surface area contributed by atoms with Crippen molar-refractivity contribution < 1.29 is 24.2 Å². The van der Waals surface area contributed by atoms with Crippen LogP contribution in [0.25, 0.3) is 0 Å². The summed E-state index contributed by atoms with van der Waals surface area (Å²) in [6, 6.07) is -1.29. The van der Waals surface area contributed by atoms with Crippen LogP contribution in [0.4, 0.5) is 4.79 Å². The summed E-state index contributed by atoms with van der Waals surface area (Å²) in [7, 11) is 1.50. The van der Waals surface area contributed by atoms with Crippen molar-refractivity contribution in [3.8, 4) is 0 Å². The first-order chi connectivity index (χ1) is 9.49. The SMILES string of the molecule is CCC1COC(C)CN1C(=O)NC(CCOC)C(=O)O. The number of nitrogens with one attached hydrogen (secondary N) is 1. The Hall–Kier alpha value is -1.34. The Morgan fingerprint density at radius 1 is 1.55 bits per heavy atom. The van der Waals surface area contributed by atoms with E-state index in [1.807, 2.05) is 13.8 Å². The van der Waals surface area contributed by atoms with Gasteiger partial charge in [-0.05, 0) is 13.3 Å². The highest BCUT2D eigenvalue weighted by molar-refractivity contribution is 5.82. The number of ether oxygens (including phenoxy) is 2. The molecule has 3 unspecified atom stereocenters. The van der Waals surface area contributed by atoms with Gasteiger partial charge in [0.25, 0.3) is 0 Å². The number of hydrogen-bond donors (Lipinski definition) is 2. The molecule has 0 radical (unpaired) electrons. The molecule has 1 fully saturated rings. The first-order valence-electron chi connectivity index (χ1n) is 6.90. The van der Waals surface area contributed by atoms with Crippen molar-refractivity contribution in [2.24, 2.45) is 0 Å². The van der Waals surface area contributed by atoms with Crippen molar-refractivity contribution in [1.29, 1.82) is 0 Å². The maximum absolute atomic E-state index is 12.2. The van der Waals surface area contributed by atoms with E-state index in [0.717, 1.165) is 6.42 Å². The van der Waals surface area contributed by atoms with Crippen LogP contribution in [0.2, 0.25) is 0 Å². The molecule has 1 rings (SSSR count). The van der Waals surface area contributed by atoms with Crippen LogP contribution in [0, 0.1) is 0 Å². The molecule has 0 aromatic rings. The Kier molecular flexibility index (Phi) is 6.74. The smallest absolute Gasteiger partial charge is 0.326 e. The van der Waals surface area contributed by atoms with Gasteiger partial charge >= 0.3 is 12.0 Å². The van der Waals surface area contributed by atoms with Gasteiger partial charge in [-0.2, -0.15) is 0 Å². The number of methoxy groups -OCH3 is 1. The maximum atomic E-state index is 12.2. The Morgan fingerprint density at radius 2 is 2.25 bits per heavy atom.